The number of nitrogens with zero attached hydrogens (tertiary/aromatic N) is 2. The summed E-state index contributed by atoms with van der Waals surface area (Å²) in [5.41, 5.74) is 6.29. The van der Waals surface area contributed by atoms with Crippen molar-refractivity contribution in [3.63, 3.8) is 0 Å². The molecule has 0 heterocycles. The van der Waals surface area contributed by atoms with Crippen molar-refractivity contribution in [3.8, 4) is 5.75 Å². The SMILES string of the molecule is CN(CCOc1cccc([N+](=O)[O-])c1)[C@H](C(N)=O)c1cccc(Br)c1. The molecule has 25 heavy (non-hydrogen) atoms. The molecule has 2 N–H and O–H groups in total. The van der Waals surface area contributed by atoms with Crippen LogP contribution in [0.4, 0.5) is 5.69 Å². The molecule has 8 heteroatoms. The molecule has 7 nitrogen and oxygen atoms in total. The van der Waals surface area contributed by atoms with Gasteiger partial charge in [0.25, 0.3) is 5.69 Å². The van der Waals surface area contributed by atoms with Gasteiger partial charge in [-0.2, -0.15) is 0 Å². The third-order valence-electron chi connectivity index (χ3n) is 3.62. The Hall–Kier alpha value is -2.45. The number of nitro benzene ring substituents is 1. The van der Waals surface area contributed by atoms with E-state index in [1.165, 1.54) is 12.1 Å². The van der Waals surface area contributed by atoms with Gasteiger partial charge in [-0.1, -0.05) is 34.1 Å². The molecule has 0 aromatic heterocycles. The van der Waals surface area contributed by atoms with E-state index in [0.717, 1.165) is 10.0 Å². The van der Waals surface area contributed by atoms with Crippen molar-refractivity contribution in [3.05, 3.63) is 68.7 Å². The van der Waals surface area contributed by atoms with Crippen LogP contribution >= 0.6 is 15.9 Å². The van der Waals surface area contributed by atoms with Gasteiger partial charge in [-0.3, -0.25) is 19.8 Å². The van der Waals surface area contributed by atoms with E-state index >= 15 is 0 Å². The minimum atomic E-state index is -0.591. The molecule has 0 unspecified atom stereocenters. The van der Waals surface area contributed by atoms with Crippen LogP contribution in [0.5, 0.6) is 5.75 Å². The third kappa shape index (κ3) is 5.27. The van der Waals surface area contributed by atoms with E-state index in [0.29, 0.717) is 12.3 Å². The predicted octanol–water partition coefficient (Wildman–Crippen LogP) is 2.89. The number of hydrogen-bond acceptors (Lipinski definition) is 5. The third-order valence-corrected chi connectivity index (χ3v) is 4.11. The maximum absolute atomic E-state index is 11.9. The number of nitrogens with two attached hydrogens (primary N) is 1. The van der Waals surface area contributed by atoms with Crippen LogP contribution in [0, 0.1) is 10.1 Å². The molecular formula is C17H18BrN3O4. The summed E-state index contributed by atoms with van der Waals surface area (Å²) in [5.74, 6) is -0.0587. The van der Waals surface area contributed by atoms with Crippen molar-refractivity contribution >= 4 is 27.5 Å². The lowest BCUT2D eigenvalue weighted by Gasteiger charge is -2.26. The van der Waals surface area contributed by atoms with Crippen LogP contribution in [-0.4, -0.2) is 35.9 Å². The first-order chi connectivity index (χ1) is 11.9. The number of hydrogen-bond donors (Lipinski definition) is 1. The molecule has 2 rings (SSSR count). The van der Waals surface area contributed by atoms with E-state index in [9.17, 15) is 14.9 Å². The van der Waals surface area contributed by atoms with Crippen molar-refractivity contribution in [2.24, 2.45) is 5.73 Å². The van der Waals surface area contributed by atoms with Crippen molar-refractivity contribution in [1.82, 2.24) is 4.90 Å². The largest absolute Gasteiger partial charge is 0.492 e. The maximum Gasteiger partial charge on any atom is 0.273 e. The van der Waals surface area contributed by atoms with Gasteiger partial charge in [-0.05, 0) is 30.8 Å². The van der Waals surface area contributed by atoms with Crippen molar-refractivity contribution < 1.29 is 14.5 Å². The summed E-state index contributed by atoms with van der Waals surface area (Å²) in [7, 11) is 1.77. The molecule has 0 spiro atoms. The summed E-state index contributed by atoms with van der Waals surface area (Å²) in [4.78, 5) is 23.9. The van der Waals surface area contributed by atoms with Crippen LogP contribution in [0.25, 0.3) is 0 Å². The number of halogens is 1. The molecule has 2 aromatic rings. The molecule has 132 valence electrons. The number of benzene rings is 2. The number of carbonyl (C=O) groups excluding carboxylic acids is 1. The molecule has 2 aromatic carbocycles. The first kappa shape index (κ1) is 18.9. The average Bonchev–Trinajstić information content (AvgIpc) is 2.55. The number of amides is 1. The Morgan fingerprint density at radius 3 is 2.68 bits per heavy atom. The molecule has 1 atom stereocenters. The van der Waals surface area contributed by atoms with E-state index in [1.54, 1.807) is 24.1 Å². The second kappa shape index (κ2) is 8.59. The standard InChI is InChI=1S/C17H18BrN3O4/c1-20(16(17(19)22)12-4-2-5-13(18)10-12)8-9-25-15-7-3-6-14(11-15)21(23)24/h2-7,10-11,16H,8-9H2,1H3,(H2,19,22)/t16-/m0/s1. The van der Waals surface area contributed by atoms with Gasteiger partial charge < -0.3 is 10.5 Å². The molecule has 0 saturated heterocycles. The van der Waals surface area contributed by atoms with Gasteiger partial charge >= 0.3 is 0 Å². The summed E-state index contributed by atoms with van der Waals surface area (Å²) in [6.07, 6.45) is 0. The highest BCUT2D eigenvalue weighted by Gasteiger charge is 2.23. The Morgan fingerprint density at radius 2 is 2.04 bits per heavy atom. The molecular weight excluding hydrogens is 390 g/mol. The zero-order chi connectivity index (χ0) is 18.4. The van der Waals surface area contributed by atoms with Crippen LogP contribution < -0.4 is 10.5 Å². The summed E-state index contributed by atoms with van der Waals surface area (Å²) in [6.45, 7) is 0.679. The van der Waals surface area contributed by atoms with Gasteiger partial charge in [-0.25, -0.2) is 0 Å². The van der Waals surface area contributed by atoms with E-state index in [4.69, 9.17) is 10.5 Å². The normalized spacial score (nSPS) is 12.0. The first-order valence-corrected chi connectivity index (χ1v) is 8.30. The highest BCUT2D eigenvalue weighted by Crippen LogP contribution is 2.23. The van der Waals surface area contributed by atoms with Crippen molar-refractivity contribution in [2.45, 2.75) is 6.04 Å². The topological polar surface area (TPSA) is 98.7 Å². The fourth-order valence-electron chi connectivity index (χ4n) is 2.44. The van der Waals surface area contributed by atoms with Crippen LogP contribution in [0.15, 0.2) is 53.0 Å². The van der Waals surface area contributed by atoms with Gasteiger partial charge in [0.1, 0.15) is 18.4 Å². The zero-order valence-electron chi connectivity index (χ0n) is 13.6. The number of nitro groups is 1. The summed E-state index contributed by atoms with van der Waals surface area (Å²) >= 11 is 3.38. The molecule has 0 aliphatic rings. The second-order valence-corrected chi connectivity index (χ2v) is 6.36. The molecule has 0 bridgehead atoms. The molecule has 0 saturated carbocycles. The smallest absolute Gasteiger partial charge is 0.273 e. The number of non-ortho nitro benzene ring substituents is 1. The number of likely N-dealkylation sites (N-methyl/N-ethyl adjacent to an activating group) is 1. The summed E-state index contributed by atoms with van der Waals surface area (Å²) in [6, 6.07) is 12.8. The minimum Gasteiger partial charge on any atom is -0.492 e. The molecule has 0 fully saturated rings. The van der Waals surface area contributed by atoms with E-state index in [1.807, 2.05) is 24.3 Å². The van der Waals surface area contributed by atoms with Gasteiger partial charge in [-0.15, -0.1) is 0 Å². The fourth-order valence-corrected chi connectivity index (χ4v) is 2.85. The summed E-state index contributed by atoms with van der Waals surface area (Å²) in [5, 5.41) is 10.8. The number of ether oxygens (including phenoxy) is 1. The van der Waals surface area contributed by atoms with Crippen molar-refractivity contribution in [2.75, 3.05) is 20.2 Å². The predicted molar refractivity (Wildman–Crippen MR) is 97.3 cm³/mol. The van der Waals surface area contributed by atoms with Crippen LogP contribution in [0.2, 0.25) is 0 Å². The highest BCUT2D eigenvalue weighted by atomic mass is 79.9. The fraction of sp³-hybridized carbons (Fsp3) is 0.235. The van der Waals surface area contributed by atoms with E-state index in [-0.39, 0.29) is 12.3 Å². The Morgan fingerprint density at radius 1 is 1.32 bits per heavy atom. The first-order valence-electron chi connectivity index (χ1n) is 7.51. The van der Waals surface area contributed by atoms with Gasteiger partial charge in [0.05, 0.1) is 11.0 Å². The average molecular weight is 408 g/mol. The van der Waals surface area contributed by atoms with E-state index in [2.05, 4.69) is 15.9 Å². The lowest BCUT2D eigenvalue weighted by molar-refractivity contribution is -0.384. The number of carbonyl (C=O) groups is 1. The van der Waals surface area contributed by atoms with Crippen LogP contribution in [0.1, 0.15) is 11.6 Å². The highest BCUT2D eigenvalue weighted by molar-refractivity contribution is 9.10. The van der Waals surface area contributed by atoms with E-state index < -0.39 is 16.9 Å². The molecule has 0 radical (unpaired) electrons. The maximum atomic E-state index is 11.9. The molecule has 1 amide bonds. The second-order valence-electron chi connectivity index (χ2n) is 5.44. The Kier molecular flexibility index (Phi) is 6.49. The van der Waals surface area contributed by atoms with Gasteiger partial charge in [0, 0.05) is 17.1 Å². The Balaban J connectivity index is 2.00. The van der Waals surface area contributed by atoms with Crippen molar-refractivity contribution in [1.29, 1.82) is 0 Å². The number of rotatable bonds is 8. The molecule has 0 aliphatic heterocycles. The molecule has 0 aliphatic carbocycles. The van der Waals surface area contributed by atoms with Crippen LogP contribution in [-0.2, 0) is 4.79 Å². The Labute approximate surface area is 153 Å². The quantitative estimate of drug-likeness (QED) is 0.535. The lowest BCUT2D eigenvalue weighted by atomic mass is 10.1. The monoisotopic (exact) mass is 407 g/mol. The Bertz CT molecular complexity index is 769. The lowest BCUT2D eigenvalue weighted by Crippen LogP contribution is -2.37. The zero-order valence-corrected chi connectivity index (χ0v) is 15.2. The minimum absolute atomic E-state index is 0.0324. The van der Waals surface area contributed by atoms with Gasteiger partial charge in [0.15, 0.2) is 0 Å². The number of primary amides is 1. The summed E-state index contributed by atoms with van der Waals surface area (Å²) < 4.78 is 6.41. The van der Waals surface area contributed by atoms with Crippen LogP contribution in [0.3, 0.4) is 0 Å². The van der Waals surface area contributed by atoms with Gasteiger partial charge in [0.2, 0.25) is 5.91 Å².